The van der Waals surface area contributed by atoms with Crippen LogP contribution in [0.3, 0.4) is 0 Å². The van der Waals surface area contributed by atoms with Gasteiger partial charge in [-0.1, -0.05) is 59.6 Å². The van der Waals surface area contributed by atoms with Gasteiger partial charge in [0.15, 0.2) is 0 Å². The van der Waals surface area contributed by atoms with Crippen molar-refractivity contribution in [2.75, 3.05) is 13.1 Å². The minimum Gasteiger partial charge on any atom is -0.316 e. The fourth-order valence-electron chi connectivity index (χ4n) is 2.29. The van der Waals surface area contributed by atoms with Crippen molar-refractivity contribution in [2.24, 2.45) is 11.3 Å². The van der Waals surface area contributed by atoms with Crippen LogP contribution in [0.25, 0.3) is 0 Å². The Bertz CT molecular complexity index is 453. The highest BCUT2D eigenvalue weighted by Crippen LogP contribution is 2.31. The highest BCUT2D eigenvalue weighted by Gasteiger charge is 2.18. The average molecular weight is 419 g/mol. The Morgan fingerprint density at radius 3 is 2.38 bits per heavy atom. The molecule has 0 amide bonds. The lowest BCUT2D eigenvalue weighted by atomic mass is 9.83. The maximum Gasteiger partial charge on any atom is 0.0210 e. The Labute approximate surface area is 147 Å². The lowest BCUT2D eigenvalue weighted by molar-refractivity contribution is 0.300. The molecule has 0 fully saturated rings. The van der Waals surface area contributed by atoms with E-state index in [1.54, 1.807) is 0 Å². The van der Waals surface area contributed by atoms with Gasteiger partial charge in [-0.3, -0.25) is 0 Å². The molecule has 1 N–H and O–H groups in total. The quantitative estimate of drug-likeness (QED) is 0.501. The van der Waals surface area contributed by atoms with Crippen LogP contribution in [0.15, 0.2) is 21.1 Å². The molecule has 1 rings (SSSR count). The molecule has 1 nitrogen and oxygen atoms in total. The van der Waals surface area contributed by atoms with E-state index < -0.39 is 0 Å². The van der Waals surface area contributed by atoms with Gasteiger partial charge in [0.1, 0.15) is 0 Å². The summed E-state index contributed by atoms with van der Waals surface area (Å²) >= 11 is 7.33. The molecule has 0 radical (unpaired) electrons. The van der Waals surface area contributed by atoms with Crippen molar-refractivity contribution in [2.45, 2.75) is 53.9 Å². The summed E-state index contributed by atoms with van der Waals surface area (Å²) in [6, 6.07) is 4.46. The Morgan fingerprint density at radius 2 is 1.76 bits per heavy atom. The van der Waals surface area contributed by atoms with E-state index >= 15 is 0 Å². The fourth-order valence-corrected chi connectivity index (χ4v) is 3.34. The molecule has 1 aromatic rings. The Hall–Kier alpha value is 0.140. The molecule has 0 saturated heterocycles. The third-order valence-electron chi connectivity index (χ3n) is 3.93. The lowest BCUT2D eigenvalue weighted by Crippen LogP contribution is -2.25. The molecule has 120 valence electrons. The second-order valence-electron chi connectivity index (χ2n) is 7.20. The molecule has 21 heavy (non-hydrogen) atoms. The van der Waals surface area contributed by atoms with Gasteiger partial charge in [0.25, 0.3) is 0 Å². The van der Waals surface area contributed by atoms with Crippen molar-refractivity contribution in [3.05, 3.63) is 32.2 Å². The van der Waals surface area contributed by atoms with E-state index in [0.717, 1.165) is 25.4 Å². The molecule has 0 aliphatic carbocycles. The maximum absolute atomic E-state index is 3.70. The first-order chi connectivity index (χ1) is 9.71. The Balaban J connectivity index is 2.47. The monoisotopic (exact) mass is 417 g/mol. The number of rotatable bonds is 8. The van der Waals surface area contributed by atoms with Crippen LogP contribution in [-0.2, 0) is 6.42 Å². The minimum atomic E-state index is 0.376. The minimum absolute atomic E-state index is 0.376. The van der Waals surface area contributed by atoms with Gasteiger partial charge in [-0.05, 0) is 73.9 Å². The molecular weight excluding hydrogens is 390 g/mol. The molecule has 0 aliphatic heterocycles. The van der Waals surface area contributed by atoms with E-state index in [4.69, 9.17) is 0 Å². The third-order valence-corrected chi connectivity index (χ3v) is 5.52. The van der Waals surface area contributed by atoms with E-state index in [1.807, 2.05) is 0 Å². The van der Waals surface area contributed by atoms with Gasteiger partial charge in [0, 0.05) is 8.95 Å². The van der Waals surface area contributed by atoms with Crippen LogP contribution in [0.5, 0.6) is 0 Å². The summed E-state index contributed by atoms with van der Waals surface area (Å²) in [6.45, 7) is 13.6. The zero-order valence-electron chi connectivity index (χ0n) is 14.0. The molecule has 0 spiro atoms. The van der Waals surface area contributed by atoms with Crippen molar-refractivity contribution in [1.29, 1.82) is 0 Å². The number of nitrogens with one attached hydrogen (secondary N) is 1. The molecule has 0 saturated carbocycles. The molecular formula is C18H29Br2N. The number of halogens is 2. The van der Waals surface area contributed by atoms with Gasteiger partial charge in [-0.2, -0.15) is 0 Å². The predicted octanol–water partition coefficient (Wildman–Crippen LogP) is 6.11. The average Bonchev–Trinajstić information content (AvgIpc) is 2.37. The molecule has 0 heterocycles. The first kappa shape index (κ1) is 19.2. The van der Waals surface area contributed by atoms with Crippen LogP contribution in [0, 0.1) is 18.3 Å². The first-order valence-electron chi connectivity index (χ1n) is 7.86. The van der Waals surface area contributed by atoms with Crippen molar-refractivity contribution >= 4 is 31.9 Å². The number of hydrogen-bond acceptors (Lipinski definition) is 1. The molecule has 0 unspecified atom stereocenters. The van der Waals surface area contributed by atoms with Crippen LogP contribution in [0.4, 0.5) is 0 Å². The Kier molecular flexibility index (Phi) is 7.94. The molecule has 0 atom stereocenters. The molecule has 0 aromatic heterocycles. The third kappa shape index (κ3) is 7.30. The first-order valence-corrected chi connectivity index (χ1v) is 9.45. The number of aryl methyl sites for hydroxylation is 2. The van der Waals surface area contributed by atoms with E-state index in [2.05, 4.69) is 83.9 Å². The standard InChI is InChI=1S/C18H29Br2N/c1-13(2)12-21-9-8-18(4,5)7-6-15-11-16(19)14(3)10-17(15)20/h10-11,13,21H,6-9,12H2,1-5H3. The molecule has 0 aliphatic rings. The second-order valence-corrected chi connectivity index (χ2v) is 8.91. The van der Waals surface area contributed by atoms with E-state index in [0.29, 0.717) is 5.41 Å². The predicted molar refractivity (Wildman–Crippen MR) is 101 cm³/mol. The maximum atomic E-state index is 3.70. The van der Waals surface area contributed by atoms with E-state index in [1.165, 1.54) is 32.9 Å². The zero-order valence-corrected chi connectivity index (χ0v) is 17.2. The van der Waals surface area contributed by atoms with Crippen LogP contribution in [0.1, 0.15) is 51.7 Å². The van der Waals surface area contributed by atoms with Crippen LogP contribution < -0.4 is 5.32 Å². The van der Waals surface area contributed by atoms with Gasteiger partial charge in [-0.15, -0.1) is 0 Å². The second kappa shape index (κ2) is 8.69. The SMILES string of the molecule is Cc1cc(Br)c(CCC(C)(C)CCNCC(C)C)cc1Br. The van der Waals surface area contributed by atoms with Gasteiger partial charge in [0.2, 0.25) is 0 Å². The van der Waals surface area contributed by atoms with Crippen molar-refractivity contribution in [3.8, 4) is 0 Å². The highest BCUT2D eigenvalue weighted by molar-refractivity contribution is 9.11. The van der Waals surface area contributed by atoms with E-state index in [-0.39, 0.29) is 0 Å². The number of hydrogen-bond donors (Lipinski definition) is 1. The summed E-state index contributed by atoms with van der Waals surface area (Å²) in [5, 5.41) is 3.55. The van der Waals surface area contributed by atoms with Gasteiger partial charge in [0.05, 0.1) is 0 Å². The normalized spacial score (nSPS) is 12.2. The van der Waals surface area contributed by atoms with Crippen molar-refractivity contribution in [3.63, 3.8) is 0 Å². The Morgan fingerprint density at radius 1 is 1.10 bits per heavy atom. The lowest BCUT2D eigenvalue weighted by Gasteiger charge is -2.25. The summed E-state index contributed by atoms with van der Waals surface area (Å²) in [6.07, 6.45) is 3.56. The molecule has 1 aromatic carbocycles. The van der Waals surface area contributed by atoms with E-state index in [9.17, 15) is 0 Å². The summed E-state index contributed by atoms with van der Waals surface area (Å²) in [7, 11) is 0. The van der Waals surface area contributed by atoms with Crippen LogP contribution in [-0.4, -0.2) is 13.1 Å². The van der Waals surface area contributed by atoms with Crippen molar-refractivity contribution < 1.29 is 0 Å². The van der Waals surface area contributed by atoms with Gasteiger partial charge >= 0.3 is 0 Å². The smallest absolute Gasteiger partial charge is 0.0210 e. The summed E-state index contributed by atoms with van der Waals surface area (Å²) in [5.74, 6) is 0.731. The zero-order chi connectivity index (χ0) is 16.0. The van der Waals surface area contributed by atoms with Crippen LogP contribution >= 0.6 is 31.9 Å². The fraction of sp³-hybridized carbons (Fsp3) is 0.667. The summed E-state index contributed by atoms with van der Waals surface area (Å²) in [5.41, 5.74) is 3.05. The topological polar surface area (TPSA) is 12.0 Å². The van der Waals surface area contributed by atoms with Gasteiger partial charge in [-0.25, -0.2) is 0 Å². The molecule has 0 bridgehead atoms. The van der Waals surface area contributed by atoms with Crippen LogP contribution in [0.2, 0.25) is 0 Å². The molecule has 3 heteroatoms. The van der Waals surface area contributed by atoms with Crippen molar-refractivity contribution in [1.82, 2.24) is 5.32 Å². The largest absolute Gasteiger partial charge is 0.316 e. The number of benzene rings is 1. The van der Waals surface area contributed by atoms with Gasteiger partial charge < -0.3 is 5.32 Å². The summed E-state index contributed by atoms with van der Waals surface area (Å²) in [4.78, 5) is 0. The highest BCUT2D eigenvalue weighted by atomic mass is 79.9. The summed E-state index contributed by atoms with van der Waals surface area (Å²) < 4.78 is 2.44.